The van der Waals surface area contributed by atoms with Crippen molar-refractivity contribution >= 4 is 12.4 Å². The average molecular weight is 266 g/mol. The zero-order valence-electron chi connectivity index (χ0n) is 11.8. The second-order valence-electron chi connectivity index (χ2n) is 4.48. The highest BCUT2D eigenvalue weighted by Crippen LogP contribution is 2.06. The van der Waals surface area contributed by atoms with E-state index in [-0.39, 0.29) is 12.9 Å². The summed E-state index contributed by atoms with van der Waals surface area (Å²) >= 11 is 0. The monoisotopic (exact) mass is 266 g/mol. The number of carbonyl (C=O) groups excluding carboxylic acids is 2. The minimum absolute atomic E-state index is 0.0631. The topological polar surface area (TPSA) is 52.6 Å². The molecule has 0 saturated carbocycles. The molecule has 0 aromatic heterocycles. The summed E-state index contributed by atoms with van der Waals surface area (Å²) in [5.41, 5.74) is 1.44. The fraction of sp³-hybridized carbons (Fsp3) is 0.467. The maximum Gasteiger partial charge on any atom is 0.355 e. The lowest BCUT2D eigenvalue weighted by molar-refractivity contribution is -0.248. The van der Waals surface area contributed by atoms with Crippen molar-refractivity contribution in [3.05, 3.63) is 35.9 Å². The van der Waals surface area contributed by atoms with Crippen molar-refractivity contribution in [2.24, 2.45) is 5.92 Å². The minimum atomic E-state index is -0.524. The summed E-state index contributed by atoms with van der Waals surface area (Å²) in [6.07, 6.45) is 2.15. The Balaban J connectivity index is 0.000000344. The zero-order valence-corrected chi connectivity index (χ0v) is 11.8. The zero-order chi connectivity index (χ0) is 14.5. The van der Waals surface area contributed by atoms with E-state index in [1.807, 2.05) is 6.92 Å². The van der Waals surface area contributed by atoms with Crippen LogP contribution in [-0.4, -0.2) is 12.4 Å². The van der Waals surface area contributed by atoms with Gasteiger partial charge < -0.3 is 0 Å². The van der Waals surface area contributed by atoms with E-state index in [0.29, 0.717) is 6.42 Å². The maximum absolute atomic E-state index is 10.3. The van der Waals surface area contributed by atoms with Crippen LogP contribution in [0, 0.1) is 5.92 Å². The van der Waals surface area contributed by atoms with E-state index in [1.54, 1.807) is 0 Å². The molecular formula is C15H22O4. The number of hydrogen-bond acceptors (Lipinski definition) is 4. The van der Waals surface area contributed by atoms with Crippen molar-refractivity contribution in [2.45, 2.75) is 40.0 Å². The van der Waals surface area contributed by atoms with E-state index >= 15 is 0 Å². The molecule has 0 spiro atoms. The van der Waals surface area contributed by atoms with Gasteiger partial charge in [-0.2, -0.15) is 0 Å². The summed E-state index contributed by atoms with van der Waals surface area (Å²) < 4.78 is 0. The first-order chi connectivity index (χ1) is 9.10. The van der Waals surface area contributed by atoms with Crippen LogP contribution in [0.4, 0.5) is 0 Å². The molecule has 0 heterocycles. The Morgan fingerprint density at radius 3 is 2.37 bits per heavy atom. The van der Waals surface area contributed by atoms with Crippen molar-refractivity contribution in [1.29, 1.82) is 0 Å². The molecule has 0 N–H and O–H groups in total. The quantitative estimate of drug-likeness (QED) is 0.450. The van der Waals surface area contributed by atoms with Gasteiger partial charge in [0.15, 0.2) is 0 Å². The van der Waals surface area contributed by atoms with Gasteiger partial charge >= 0.3 is 12.4 Å². The van der Waals surface area contributed by atoms with Gasteiger partial charge in [0.25, 0.3) is 0 Å². The maximum atomic E-state index is 10.3. The molecule has 4 heteroatoms. The molecule has 0 radical (unpaired) electrons. The van der Waals surface area contributed by atoms with Crippen LogP contribution < -0.4 is 0 Å². The molecule has 4 nitrogen and oxygen atoms in total. The van der Waals surface area contributed by atoms with E-state index < -0.39 is 5.97 Å². The Morgan fingerprint density at radius 2 is 1.89 bits per heavy atom. The molecule has 0 fully saturated rings. The number of carbonyl (C=O) groups is 2. The number of hydrogen-bond donors (Lipinski definition) is 0. The van der Waals surface area contributed by atoms with Gasteiger partial charge in [0.1, 0.15) is 0 Å². The smallest absolute Gasteiger partial charge is 0.251 e. The van der Waals surface area contributed by atoms with Crippen LogP contribution in [0.2, 0.25) is 0 Å². The van der Waals surface area contributed by atoms with E-state index in [2.05, 4.69) is 54.0 Å². The first-order valence-electron chi connectivity index (χ1n) is 6.43. The highest BCUT2D eigenvalue weighted by Gasteiger charge is 1.99. The summed E-state index contributed by atoms with van der Waals surface area (Å²) in [6.45, 7) is 6.37. The standard InChI is InChI=1S/C10H14.C5H8O4/c1-9(2)8-10-6-4-3-5-7-10;1-2-3-5(7)9-8-4-6/h3-7,9H,8H2,1-2H3;4H,2-3H2,1H3. The molecule has 1 rings (SSSR count). The molecule has 0 bridgehead atoms. The summed E-state index contributed by atoms with van der Waals surface area (Å²) in [5.74, 6) is 0.243. The molecule has 106 valence electrons. The van der Waals surface area contributed by atoms with Crippen molar-refractivity contribution < 1.29 is 19.4 Å². The third kappa shape index (κ3) is 11.0. The van der Waals surface area contributed by atoms with E-state index in [1.165, 1.54) is 12.0 Å². The normalized spacial score (nSPS) is 9.26. The Bertz CT molecular complexity index is 346. The predicted octanol–water partition coefficient (Wildman–Crippen LogP) is 3.30. The lowest BCUT2D eigenvalue weighted by atomic mass is 10.0. The molecular weight excluding hydrogens is 244 g/mol. The lowest BCUT2D eigenvalue weighted by Crippen LogP contribution is -2.02. The molecule has 0 unspecified atom stereocenters. The van der Waals surface area contributed by atoms with Crippen LogP contribution >= 0.6 is 0 Å². The Kier molecular flexibility index (Phi) is 10.2. The highest BCUT2D eigenvalue weighted by atomic mass is 17.2. The number of benzene rings is 1. The third-order valence-corrected chi connectivity index (χ3v) is 2.12. The Hall–Kier alpha value is -1.84. The third-order valence-electron chi connectivity index (χ3n) is 2.12. The van der Waals surface area contributed by atoms with Gasteiger partial charge in [0.05, 0.1) is 0 Å². The fourth-order valence-electron chi connectivity index (χ4n) is 1.40. The Labute approximate surface area is 114 Å². The van der Waals surface area contributed by atoms with Gasteiger partial charge in [-0.3, -0.25) is 9.68 Å². The van der Waals surface area contributed by atoms with Crippen LogP contribution in [0.3, 0.4) is 0 Å². The first-order valence-corrected chi connectivity index (χ1v) is 6.43. The van der Waals surface area contributed by atoms with Crippen molar-refractivity contribution in [2.75, 3.05) is 0 Å². The van der Waals surface area contributed by atoms with Gasteiger partial charge in [0.2, 0.25) is 0 Å². The van der Waals surface area contributed by atoms with E-state index in [0.717, 1.165) is 5.92 Å². The second kappa shape index (κ2) is 11.3. The van der Waals surface area contributed by atoms with Gasteiger partial charge in [0, 0.05) is 6.42 Å². The molecule has 0 saturated heterocycles. The molecule has 0 atom stereocenters. The molecule has 0 aliphatic carbocycles. The summed E-state index contributed by atoms with van der Waals surface area (Å²) in [5, 5.41) is 0. The van der Waals surface area contributed by atoms with Crippen molar-refractivity contribution in [3.63, 3.8) is 0 Å². The van der Waals surface area contributed by atoms with Crippen LogP contribution in [0.25, 0.3) is 0 Å². The van der Waals surface area contributed by atoms with Crippen LogP contribution in [0.15, 0.2) is 30.3 Å². The van der Waals surface area contributed by atoms with Crippen LogP contribution in [-0.2, 0) is 25.8 Å². The second-order valence-corrected chi connectivity index (χ2v) is 4.48. The van der Waals surface area contributed by atoms with Gasteiger partial charge in [-0.1, -0.05) is 51.1 Å². The fourth-order valence-corrected chi connectivity index (χ4v) is 1.40. The summed E-state index contributed by atoms with van der Waals surface area (Å²) in [7, 11) is 0. The molecule has 19 heavy (non-hydrogen) atoms. The van der Waals surface area contributed by atoms with Crippen LogP contribution in [0.1, 0.15) is 39.2 Å². The molecule has 1 aromatic carbocycles. The molecule has 0 aliphatic heterocycles. The largest absolute Gasteiger partial charge is 0.355 e. The average Bonchev–Trinajstić information content (AvgIpc) is 2.38. The van der Waals surface area contributed by atoms with Crippen molar-refractivity contribution in [1.82, 2.24) is 0 Å². The van der Waals surface area contributed by atoms with E-state index in [4.69, 9.17) is 0 Å². The SMILES string of the molecule is CC(C)Cc1ccccc1.CCCC(=O)OOC=O. The van der Waals surface area contributed by atoms with Gasteiger partial charge in [-0.15, -0.1) is 0 Å². The molecule has 0 amide bonds. The van der Waals surface area contributed by atoms with Gasteiger partial charge in [-0.05, 0) is 24.3 Å². The lowest BCUT2D eigenvalue weighted by Gasteiger charge is -2.02. The predicted molar refractivity (Wildman–Crippen MR) is 73.1 cm³/mol. The highest BCUT2D eigenvalue weighted by molar-refractivity contribution is 5.68. The van der Waals surface area contributed by atoms with Gasteiger partial charge in [-0.25, -0.2) is 9.68 Å². The molecule has 0 aliphatic rings. The van der Waals surface area contributed by atoms with Crippen LogP contribution in [0.5, 0.6) is 0 Å². The van der Waals surface area contributed by atoms with E-state index in [9.17, 15) is 9.59 Å². The van der Waals surface area contributed by atoms with Crippen molar-refractivity contribution in [3.8, 4) is 0 Å². The molecule has 1 aromatic rings. The first kappa shape index (κ1) is 17.2. The summed E-state index contributed by atoms with van der Waals surface area (Å²) in [4.78, 5) is 27.4. The Morgan fingerprint density at radius 1 is 1.26 bits per heavy atom. The summed E-state index contributed by atoms with van der Waals surface area (Å²) in [6, 6.07) is 10.6. The minimum Gasteiger partial charge on any atom is -0.251 e. The number of rotatable bonds is 6.